The van der Waals surface area contributed by atoms with Crippen molar-refractivity contribution >= 4 is 5.97 Å². The van der Waals surface area contributed by atoms with E-state index in [4.69, 9.17) is 4.74 Å². The third-order valence-electron chi connectivity index (χ3n) is 3.17. The van der Waals surface area contributed by atoms with Crippen molar-refractivity contribution in [1.82, 2.24) is 14.9 Å². The molecule has 0 saturated heterocycles. The number of methoxy groups -OCH3 is 1. The van der Waals surface area contributed by atoms with Crippen molar-refractivity contribution in [2.45, 2.75) is 44.3 Å². The number of imidazole rings is 1. The Hall–Kier alpha value is -1.36. The molecule has 0 spiro atoms. The van der Waals surface area contributed by atoms with Gasteiger partial charge in [0.2, 0.25) is 0 Å². The highest BCUT2D eigenvalue weighted by Gasteiger charge is 2.38. The van der Waals surface area contributed by atoms with E-state index in [1.807, 2.05) is 17.7 Å². The first-order valence-corrected chi connectivity index (χ1v) is 5.96. The highest BCUT2D eigenvalue weighted by Crippen LogP contribution is 2.25. The molecule has 0 amide bonds. The van der Waals surface area contributed by atoms with Gasteiger partial charge in [-0.3, -0.25) is 10.1 Å². The van der Waals surface area contributed by atoms with Gasteiger partial charge in [-0.1, -0.05) is 0 Å². The number of aromatic nitrogens is 2. The van der Waals surface area contributed by atoms with Crippen LogP contribution in [0.4, 0.5) is 0 Å². The summed E-state index contributed by atoms with van der Waals surface area (Å²) >= 11 is 0. The molecule has 94 valence electrons. The number of aryl methyl sites for hydroxylation is 1. The molecule has 1 aliphatic carbocycles. The zero-order valence-electron chi connectivity index (χ0n) is 10.3. The summed E-state index contributed by atoms with van der Waals surface area (Å²) in [6.45, 7) is 2.67. The van der Waals surface area contributed by atoms with Crippen LogP contribution in [0.5, 0.6) is 0 Å². The Morgan fingerprint density at radius 2 is 2.41 bits per heavy atom. The summed E-state index contributed by atoms with van der Waals surface area (Å²) in [5.74, 6) is -0.190. The Morgan fingerprint density at radius 1 is 1.65 bits per heavy atom. The molecule has 2 rings (SSSR count). The van der Waals surface area contributed by atoms with Crippen molar-refractivity contribution in [3.63, 3.8) is 0 Å². The van der Waals surface area contributed by atoms with E-state index in [1.54, 1.807) is 12.5 Å². The Labute approximate surface area is 101 Å². The van der Waals surface area contributed by atoms with Crippen LogP contribution in [0, 0.1) is 0 Å². The Morgan fingerprint density at radius 3 is 2.94 bits per heavy atom. The van der Waals surface area contributed by atoms with Gasteiger partial charge >= 0.3 is 5.97 Å². The molecule has 5 heteroatoms. The average molecular weight is 237 g/mol. The van der Waals surface area contributed by atoms with E-state index in [1.165, 1.54) is 7.11 Å². The molecule has 0 bridgehead atoms. The van der Waals surface area contributed by atoms with Gasteiger partial charge in [-0.25, -0.2) is 4.98 Å². The van der Waals surface area contributed by atoms with Gasteiger partial charge in [0, 0.05) is 25.0 Å². The first-order valence-electron chi connectivity index (χ1n) is 5.96. The minimum absolute atomic E-state index is 0.190. The Kier molecular flexibility index (Phi) is 3.47. The summed E-state index contributed by atoms with van der Waals surface area (Å²) in [6, 6.07) is 0.474. The van der Waals surface area contributed by atoms with E-state index in [0.717, 1.165) is 19.4 Å². The minimum Gasteiger partial charge on any atom is -0.468 e. The number of rotatable bonds is 6. The molecule has 1 unspecified atom stereocenters. The van der Waals surface area contributed by atoms with E-state index in [2.05, 4.69) is 10.3 Å². The molecule has 1 fully saturated rings. The number of hydrogen-bond acceptors (Lipinski definition) is 4. The van der Waals surface area contributed by atoms with Crippen LogP contribution in [-0.2, 0) is 16.1 Å². The maximum Gasteiger partial charge on any atom is 0.325 e. The number of hydrogen-bond donors (Lipinski definition) is 1. The lowest BCUT2D eigenvalue weighted by Gasteiger charge is -2.28. The first kappa shape index (κ1) is 12.1. The highest BCUT2D eigenvalue weighted by atomic mass is 16.5. The first-order chi connectivity index (χ1) is 8.14. The molecule has 1 N–H and O–H groups in total. The molecule has 5 nitrogen and oxygen atoms in total. The third-order valence-corrected chi connectivity index (χ3v) is 3.17. The molecule has 0 aliphatic heterocycles. The number of ether oxygens (including phenoxy) is 1. The van der Waals surface area contributed by atoms with Crippen LogP contribution in [0.2, 0.25) is 0 Å². The topological polar surface area (TPSA) is 56.2 Å². The van der Waals surface area contributed by atoms with Crippen LogP contribution in [0.15, 0.2) is 18.7 Å². The maximum atomic E-state index is 11.8. The van der Waals surface area contributed by atoms with Gasteiger partial charge in [0.15, 0.2) is 0 Å². The maximum absolute atomic E-state index is 11.8. The number of carbonyl (C=O) groups is 1. The molecular formula is C12H19N3O2. The van der Waals surface area contributed by atoms with Crippen LogP contribution < -0.4 is 5.32 Å². The second kappa shape index (κ2) is 4.87. The van der Waals surface area contributed by atoms with Crippen LogP contribution in [0.3, 0.4) is 0 Å². The zero-order chi connectivity index (χ0) is 12.3. The van der Waals surface area contributed by atoms with Crippen molar-refractivity contribution in [2.24, 2.45) is 0 Å². The smallest absolute Gasteiger partial charge is 0.325 e. The van der Waals surface area contributed by atoms with Gasteiger partial charge in [0.25, 0.3) is 0 Å². The molecular weight excluding hydrogens is 218 g/mol. The predicted octanol–water partition coefficient (Wildman–Crippen LogP) is 0.957. The number of esters is 1. The Balaban J connectivity index is 1.96. The second-order valence-corrected chi connectivity index (χ2v) is 4.79. The van der Waals surface area contributed by atoms with E-state index in [0.29, 0.717) is 12.5 Å². The fraction of sp³-hybridized carbons (Fsp3) is 0.667. The van der Waals surface area contributed by atoms with Gasteiger partial charge in [0.05, 0.1) is 13.4 Å². The highest BCUT2D eigenvalue weighted by molar-refractivity contribution is 5.80. The van der Waals surface area contributed by atoms with Gasteiger partial charge < -0.3 is 9.30 Å². The summed E-state index contributed by atoms with van der Waals surface area (Å²) in [5.41, 5.74) is -0.597. The standard InChI is InChI=1S/C12H19N3O2/c1-12(11(16)17-2,14-10-3-4-10)5-7-15-8-6-13-9-15/h6,8-10,14H,3-5,7H2,1-2H3. The quantitative estimate of drug-likeness (QED) is 0.749. The van der Waals surface area contributed by atoms with Gasteiger partial charge in [0.1, 0.15) is 5.54 Å². The fourth-order valence-corrected chi connectivity index (χ4v) is 1.91. The number of carbonyl (C=O) groups excluding carboxylic acids is 1. The summed E-state index contributed by atoms with van der Waals surface area (Å²) in [7, 11) is 1.44. The fourth-order valence-electron chi connectivity index (χ4n) is 1.91. The van der Waals surface area contributed by atoms with Crippen LogP contribution in [0.1, 0.15) is 26.2 Å². The van der Waals surface area contributed by atoms with Crippen LogP contribution in [-0.4, -0.2) is 34.2 Å². The van der Waals surface area contributed by atoms with E-state index < -0.39 is 5.54 Å². The molecule has 1 aromatic rings. The largest absolute Gasteiger partial charge is 0.468 e. The van der Waals surface area contributed by atoms with Gasteiger partial charge in [-0.2, -0.15) is 0 Å². The predicted molar refractivity (Wildman–Crippen MR) is 63.4 cm³/mol. The van der Waals surface area contributed by atoms with Gasteiger partial charge in [-0.15, -0.1) is 0 Å². The monoisotopic (exact) mass is 237 g/mol. The van der Waals surface area contributed by atoms with Crippen molar-refractivity contribution < 1.29 is 9.53 Å². The van der Waals surface area contributed by atoms with Crippen molar-refractivity contribution in [3.8, 4) is 0 Å². The molecule has 1 saturated carbocycles. The molecule has 1 atom stereocenters. The molecule has 17 heavy (non-hydrogen) atoms. The molecule has 1 heterocycles. The SMILES string of the molecule is COC(=O)C(C)(CCn1ccnc1)NC1CC1. The number of nitrogens with zero attached hydrogens (tertiary/aromatic N) is 2. The molecule has 1 aromatic heterocycles. The zero-order valence-corrected chi connectivity index (χ0v) is 10.3. The van der Waals surface area contributed by atoms with E-state index in [-0.39, 0.29) is 5.97 Å². The normalized spacial score (nSPS) is 18.7. The van der Waals surface area contributed by atoms with Crippen molar-refractivity contribution in [1.29, 1.82) is 0 Å². The van der Waals surface area contributed by atoms with Gasteiger partial charge in [-0.05, 0) is 26.2 Å². The number of nitrogens with one attached hydrogen (secondary N) is 1. The lowest BCUT2D eigenvalue weighted by Crippen LogP contribution is -2.51. The third kappa shape index (κ3) is 3.06. The van der Waals surface area contributed by atoms with E-state index in [9.17, 15) is 4.79 Å². The average Bonchev–Trinajstić information content (AvgIpc) is 2.97. The summed E-state index contributed by atoms with van der Waals surface area (Å²) in [4.78, 5) is 15.8. The molecule has 1 aliphatic rings. The van der Waals surface area contributed by atoms with Crippen molar-refractivity contribution in [3.05, 3.63) is 18.7 Å². The summed E-state index contributed by atoms with van der Waals surface area (Å²) in [6.07, 6.45) is 8.40. The lowest BCUT2D eigenvalue weighted by molar-refractivity contribution is -0.148. The minimum atomic E-state index is -0.597. The lowest BCUT2D eigenvalue weighted by atomic mass is 9.97. The Bertz CT molecular complexity index is 373. The van der Waals surface area contributed by atoms with E-state index >= 15 is 0 Å². The second-order valence-electron chi connectivity index (χ2n) is 4.79. The molecule has 0 aromatic carbocycles. The summed E-state index contributed by atoms with van der Waals surface area (Å²) in [5, 5.41) is 3.37. The van der Waals surface area contributed by atoms with Crippen LogP contribution >= 0.6 is 0 Å². The van der Waals surface area contributed by atoms with Crippen LogP contribution in [0.25, 0.3) is 0 Å². The summed E-state index contributed by atoms with van der Waals surface area (Å²) < 4.78 is 6.86. The molecule has 0 radical (unpaired) electrons. The van der Waals surface area contributed by atoms with Crippen molar-refractivity contribution in [2.75, 3.05) is 7.11 Å².